The molecule has 0 atom stereocenters. The number of carbonyl (C=O) groups is 1. The maximum Gasteiger partial charge on any atom is 0.261 e. The van der Waals surface area contributed by atoms with Crippen LogP contribution in [-0.2, 0) is 14.8 Å². The summed E-state index contributed by atoms with van der Waals surface area (Å²) in [6.45, 7) is 3.84. The fourth-order valence-corrected chi connectivity index (χ4v) is 4.35. The lowest BCUT2D eigenvalue weighted by Crippen LogP contribution is -2.12. The lowest BCUT2D eigenvalue weighted by atomic mass is 10.2. The van der Waals surface area contributed by atoms with E-state index in [0.29, 0.717) is 22.8 Å². The zero-order chi connectivity index (χ0) is 18.7. The first-order valence-corrected chi connectivity index (χ1v) is 10.5. The quantitative estimate of drug-likeness (QED) is 0.663. The van der Waals surface area contributed by atoms with Gasteiger partial charge in [-0.15, -0.1) is 0 Å². The van der Waals surface area contributed by atoms with Crippen molar-refractivity contribution in [2.75, 3.05) is 10.0 Å². The van der Waals surface area contributed by atoms with Crippen LogP contribution in [0.25, 0.3) is 10.2 Å². The van der Waals surface area contributed by atoms with Gasteiger partial charge < -0.3 is 5.32 Å². The highest BCUT2D eigenvalue weighted by Gasteiger charge is 2.15. The number of hydrogen-bond acceptors (Lipinski definition) is 5. The number of thiazole rings is 1. The maximum atomic E-state index is 12.5. The van der Waals surface area contributed by atoms with Gasteiger partial charge in [0.2, 0.25) is 5.91 Å². The molecule has 0 aliphatic rings. The zero-order valence-corrected chi connectivity index (χ0v) is 16.1. The van der Waals surface area contributed by atoms with E-state index >= 15 is 0 Å². The van der Waals surface area contributed by atoms with Gasteiger partial charge in [-0.1, -0.05) is 36.0 Å². The maximum absolute atomic E-state index is 12.5. The standard InChI is InChI=1S/C18H19N3O3S2/c1-3-4-17(22)20-18-19-15-10-7-13(11-16(15)25-18)21-26(23,24)14-8-5-12(2)6-9-14/h5-11,21H,3-4H2,1-2H3,(H,19,20,22). The van der Waals surface area contributed by atoms with E-state index in [4.69, 9.17) is 0 Å². The molecular weight excluding hydrogens is 370 g/mol. The topological polar surface area (TPSA) is 88.2 Å². The molecule has 136 valence electrons. The Morgan fingerprint density at radius 1 is 1.15 bits per heavy atom. The van der Waals surface area contributed by atoms with Gasteiger partial charge in [0, 0.05) is 6.42 Å². The van der Waals surface area contributed by atoms with E-state index in [1.54, 1.807) is 42.5 Å². The summed E-state index contributed by atoms with van der Waals surface area (Å²) in [7, 11) is -3.65. The summed E-state index contributed by atoms with van der Waals surface area (Å²) in [5.74, 6) is -0.0770. The fourth-order valence-electron chi connectivity index (χ4n) is 2.38. The third-order valence-corrected chi connectivity index (χ3v) is 6.03. The second-order valence-corrected chi connectivity index (χ2v) is 8.63. The van der Waals surface area contributed by atoms with Crippen LogP contribution in [0.3, 0.4) is 0 Å². The van der Waals surface area contributed by atoms with E-state index in [0.717, 1.165) is 16.7 Å². The number of amides is 1. The van der Waals surface area contributed by atoms with Crippen LogP contribution in [0.5, 0.6) is 0 Å². The predicted octanol–water partition coefficient (Wildman–Crippen LogP) is 4.14. The number of nitrogens with zero attached hydrogens (tertiary/aromatic N) is 1. The van der Waals surface area contributed by atoms with E-state index in [1.807, 2.05) is 13.8 Å². The number of anilines is 2. The highest BCUT2D eigenvalue weighted by atomic mass is 32.2. The van der Waals surface area contributed by atoms with Crippen molar-refractivity contribution in [2.24, 2.45) is 0 Å². The minimum Gasteiger partial charge on any atom is -0.302 e. The van der Waals surface area contributed by atoms with E-state index in [2.05, 4.69) is 15.0 Å². The average molecular weight is 390 g/mol. The van der Waals surface area contributed by atoms with E-state index in [1.165, 1.54) is 11.3 Å². The number of carbonyl (C=O) groups excluding carboxylic acids is 1. The molecule has 1 heterocycles. The number of nitrogens with one attached hydrogen (secondary N) is 2. The van der Waals surface area contributed by atoms with Crippen LogP contribution in [0, 0.1) is 6.92 Å². The second kappa shape index (κ2) is 7.43. The third-order valence-electron chi connectivity index (χ3n) is 3.70. The Labute approximate surface area is 156 Å². The van der Waals surface area contributed by atoms with Gasteiger partial charge in [0.1, 0.15) is 0 Å². The fraction of sp³-hybridized carbons (Fsp3) is 0.222. The SMILES string of the molecule is CCCC(=O)Nc1nc2ccc(NS(=O)(=O)c3ccc(C)cc3)cc2s1. The predicted molar refractivity (Wildman–Crippen MR) is 105 cm³/mol. The number of sulfonamides is 1. The molecule has 0 radical (unpaired) electrons. The number of fused-ring (bicyclic) bond motifs is 1. The average Bonchev–Trinajstić information content (AvgIpc) is 2.96. The van der Waals surface area contributed by atoms with Gasteiger partial charge in [-0.3, -0.25) is 9.52 Å². The molecule has 26 heavy (non-hydrogen) atoms. The Hall–Kier alpha value is -2.45. The highest BCUT2D eigenvalue weighted by molar-refractivity contribution is 7.92. The Morgan fingerprint density at radius 2 is 1.88 bits per heavy atom. The van der Waals surface area contributed by atoms with Crippen molar-refractivity contribution in [1.82, 2.24) is 4.98 Å². The smallest absolute Gasteiger partial charge is 0.261 e. The zero-order valence-electron chi connectivity index (χ0n) is 14.4. The minimum absolute atomic E-state index is 0.0770. The summed E-state index contributed by atoms with van der Waals surface area (Å²) in [5.41, 5.74) is 2.15. The number of hydrogen-bond donors (Lipinski definition) is 2. The molecule has 6 nitrogen and oxygen atoms in total. The Bertz CT molecular complexity index is 1040. The van der Waals surface area contributed by atoms with Crippen molar-refractivity contribution in [3.63, 3.8) is 0 Å². The summed E-state index contributed by atoms with van der Waals surface area (Å²) in [6, 6.07) is 11.8. The molecule has 3 aromatic rings. The van der Waals surface area contributed by atoms with Gasteiger partial charge in [-0.05, 0) is 43.7 Å². The largest absolute Gasteiger partial charge is 0.302 e. The van der Waals surface area contributed by atoms with Crippen LogP contribution in [-0.4, -0.2) is 19.3 Å². The molecule has 0 aliphatic heterocycles. The summed E-state index contributed by atoms with van der Waals surface area (Å²) < 4.78 is 28.4. The lowest BCUT2D eigenvalue weighted by Gasteiger charge is -2.08. The number of aromatic nitrogens is 1. The monoisotopic (exact) mass is 389 g/mol. The van der Waals surface area contributed by atoms with Crippen molar-refractivity contribution >= 4 is 48.3 Å². The summed E-state index contributed by atoms with van der Waals surface area (Å²) in [5, 5.41) is 3.27. The molecule has 0 bridgehead atoms. The van der Waals surface area contributed by atoms with Gasteiger partial charge in [0.25, 0.3) is 10.0 Å². The molecule has 0 saturated heterocycles. The molecular formula is C18H19N3O3S2. The van der Waals surface area contributed by atoms with Crippen LogP contribution in [0.4, 0.5) is 10.8 Å². The lowest BCUT2D eigenvalue weighted by molar-refractivity contribution is -0.116. The molecule has 1 aromatic heterocycles. The van der Waals surface area contributed by atoms with Crippen molar-refractivity contribution in [1.29, 1.82) is 0 Å². The molecule has 0 aliphatic carbocycles. The van der Waals surface area contributed by atoms with Crippen molar-refractivity contribution in [2.45, 2.75) is 31.6 Å². The summed E-state index contributed by atoms with van der Waals surface area (Å²) in [4.78, 5) is 16.2. The van der Waals surface area contributed by atoms with Crippen LogP contribution >= 0.6 is 11.3 Å². The summed E-state index contributed by atoms with van der Waals surface area (Å²) in [6.07, 6.45) is 1.21. The third kappa shape index (κ3) is 4.20. The van der Waals surface area contributed by atoms with Gasteiger partial charge in [-0.25, -0.2) is 13.4 Å². The van der Waals surface area contributed by atoms with Crippen LogP contribution in [0.15, 0.2) is 47.4 Å². The van der Waals surface area contributed by atoms with E-state index in [-0.39, 0.29) is 10.8 Å². The first-order valence-electron chi connectivity index (χ1n) is 8.17. The van der Waals surface area contributed by atoms with Crippen LogP contribution in [0.1, 0.15) is 25.3 Å². The Balaban J connectivity index is 1.82. The normalized spacial score (nSPS) is 11.5. The Kier molecular flexibility index (Phi) is 5.24. The Morgan fingerprint density at radius 3 is 2.58 bits per heavy atom. The van der Waals surface area contributed by atoms with Crippen LogP contribution in [0.2, 0.25) is 0 Å². The van der Waals surface area contributed by atoms with E-state index < -0.39 is 10.0 Å². The number of benzene rings is 2. The molecule has 8 heteroatoms. The van der Waals surface area contributed by atoms with Crippen molar-refractivity contribution < 1.29 is 13.2 Å². The van der Waals surface area contributed by atoms with E-state index in [9.17, 15) is 13.2 Å². The van der Waals surface area contributed by atoms with Gasteiger partial charge in [-0.2, -0.15) is 0 Å². The highest BCUT2D eigenvalue weighted by Crippen LogP contribution is 2.29. The van der Waals surface area contributed by atoms with Gasteiger partial charge in [0.15, 0.2) is 5.13 Å². The first kappa shape index (κ1) is 18.3. The molecule has 0 saturated carbocycles. The molecule has 2 aromatic carbocycles. The van der Waals surface area contributed by atoms with Gasteiger partial charge >= 0.3 is 0 Å². The van der Waals surface area contributed by atoms with Crippen molar-refractivity contribution in [3.05, 3.63) is 48.0 Å². The molecule has 0 fully saturated rings. The van der Waals surface area contributed by atoms with Crippen molar-refractivity contribution in [3.8, 4) is 0 Å². The second-order valence-electron chi connectivity index (χ2n) is 5.92. The van der Waals surface area contributed by atoms with Crippen LogP contribution < -0.4 is 10.0 Å². The van der Waals surface area contributed by atoms with Gasteiger partial charge in [0.05, 0.1) is 20.8 Å². The molecule has 1 amide bonds. The molecule has 2 N–H and O–H groups in total. The molecule has 0 unspecified atom stereocenters. The molecule has 0 spiro atoms. The number of aryl methyl sites for hydroxylation is 1. The molecule has 3 rings (SSSR count). The number of rotatable bonds is 6. The first-order chi connectivity index (χ1) is 12.4. The minimum atomic E-state index is -3.65. The summed E-state index contributed by atoms with van der Waals surface area (Å²) >= 11 is 1.31.